The van der Waals surface area contributed by atoms with Gasteiger partial charge in [-0.1, -0.05) is 30.3 Å². The molecule has 0 spiro atoms. The fourth-order valence-corrected chi connectivity index (χ4v) is 3.58. The summed E-state index contributed by atoms with van der Waals surface area (Å²) in [6.45, 7) is 5.20. The zero-order chi connectivity index (χ0) is 20.0. The van der Waals surface area contributed by atoms with Gasteiger partial charge in [0.05, 0.1) is 5.69 Å². The minimum atomic E-state index is -0.286. The maximum absolute atomic E-state index is 13.3. The molecule has 4 aromatic rings. The van der Waals surface area contributed by atoms with E-state index >= 15 is 0 Å². The van der Waals surface area contributed by atoms with Crippen LogP contribution in [0, 0.1) is 13.8 Å². The van der Waals surface area contributed by atoms with Crippen molar-refractivity contribution >= 4 is 11.5 Å². The molecule has 0 radical (unpaired) electrons. The Hall–Kier alpha value is -3.75. The number of nitrogens with zero attached hydrogens (tertiary/aromatic N) is 5. The molecular formula is C20H19N7O2. The first-order chi connectivity index (χ1) is 14.1. The summed E-state index contributed by atoms with van der Waals surface area (Å²) < 4.78 is 7.19. The third-order valence-electron chi connectivity index (χ3n) is 4.94. The molecule has 0 unspecified atom stereocenters. The number of rotatable bonds is 3. The standard InChI is InChI=1S/C20H19N7O2/c1-11-15(18-24-25-19(29-18)16-21-9-6-10-22-16)20(28)27-17(23-11)14(12(2)26-27)13-7-4-3-5-8-13/h3-5,7-8,26H,6,9-10H2,1-2H3,(H,21,22). The summed E-state index contributed by atoms with van der Waals surface area (Å²) >= 11 is 0. The highest BCUT2D eigenvalue weighted by molar-refractivity contribution is 5.95. The van der Waals surface area contributed by atoms with E-state index in [-0.39, 0.29) is 22.9 Å². The lowest BCUT2D eigenvalue weighted by Crippen LogP contribution is -2.30. The summed E-state index contributed by atoms with van der Waals surface area (Å²) in [5.41, 5.74) is 3.82. The number of nitrogens with one attached hydrogen (secondary N) is 2. The van der Waals surface area contributed by atoms with Crippen LogP contribution in [0.25, 0.3) is 28.2 Å². The largest absolute Gasteiger partial charge is 0.413 e. The summed E-state index contributed by atoms with van der Waals surface area (Å²) in [6, 6.07) is 9.86. The zero-order valence-corrected chi connectivity index (χ0v) is 16.1. The number of benzene rings is 1. The van der Waals surface area contributed by atoms with E-state index in [0.717, 1.165) is 29.8 Å². The molecule has 0 fully saturated rings. The second kappa shape index (κ2) is 6.69. The van der Waals surface area contributed by atoms with E-state index in [2.05, 4.69) is 30.6 Å². The minimum absolute atomic E-state index is 0.132. The van der Waals surface area contributed by atoms with Gasteiger partial charge in [0.1, 0.15) is 5.56 Å². The van der Waals surface area contributed by atoms with Crippen LogP contribution in [-0.4, -0.2) is 43.7 Å². The summed E-state index contributed by atoms with van der Waals surface area (Å²) in [5, 5.41) is 14.4. The second-order valence-corrected chi connectivity index (χ2v) is 6.94. The first kappa shape index (κ1) is 17.4. The van der Waals surface area contributed by atoms with Gasteiger partial charge >= 0.3 is 0 Å². The summed E-state index contributed by atoms with van der Waals surface area (Å²) in [7, 11) is 0. The second-order valence-electron chi connectivity index (χ2n) is 6.94. The van der Waals surface area contributed by atoms with Crippen LogP contribution in [0.1, 0.15) is 23.7 Å². The predicted octanol–water partition coefficient (Wildman–Crippen LogP) is 2.10. The molecule has 5 rings (SSSR count). The van der Waals surface area contributed by atoms with Crippen LogP contribution in [0.4, 0.5) is 0 Å². The van der Waals surface area contributed by atoms with Crippen LogP contribution in [0.5, 0.6) is 0 Å². The van der Waals surface area contributed by atoms with Crippen LogP contribution in [0.3, 0.4) is 0 Å². The quantitative estimate of drug-likeness (QED) is 0.555. The number of hydrogen-bond acceptors (Lipinski definition) is 7. The number of aryl methyl sites for hydroxylation is 2. The van der Waals surface area contributed by atoms with Crippen LogP contribution in [0.15, 0.2) is 44.5 Å². The Balaban J connectivity index is 1.66. The molecule has 0 saturated carbocycles. The van der Waals surface area contributed by atoms with Gasteiger partial charge in [-0.25, -0.2) is 9.50 Å². The average molecular weight is 389 g/mol. The van der Waals surface area contributed by atoms with Gasteiger partial charge in [0.25, 0.3) is 17.3 Å². The van der Waals surface area contributed by atoms with Crippen molar-refractivity contribution in [3.8, 4) is 22.6 Å². The maximum atomic E-state index is 13.3. The highest BCUT2D eigenvalue weighted by Gasteiger charge is 2.23. The molecule has 0 aliphatic carbocycles. The van der Waals surface area contributed by atoms with Crippen molar-refractivity contribution < 1.29 is 4.42 Å². The lowest BCUT2D eigenvalue weighted by Gasteiger charge is -2.10. The molecule has 3 aromatic heterocycles. The van der Waals surface area contributed by atoms with Gasteiger partial charge in [-0.2, -0.15) is 0 Å². The Morgan fingerprint density at radius 1 is 1.07 bits per heavy atom. The van der Waals surface area contributed by atoms with Crippen molar-refractivity contribution in [3.63, 3.8) is 0 Å². The molecule has 4 heterocycles. The van der Waals surface area contributed by atoms with Gasteiger partial charge < -0.3 is 9.73 Å². The van der Waals surface area contributed by atoms with Gasteiger partial charge in [0, 0.05) is 24.3 Å². The summed E-state index contributed by atoms with van der Waals surface area (Å²) in [5.74, 6) is 0.966. The van der Waals surface area contributed by atoms with E-state index in [9.17, 15) is 4.79 Å². The molecule has 0 saturated heterocycles. The van der Waals surface area contributed by atoms with E-state index in [0.29, 0.717) is 23.7 Å². The van der Waals surface area contributed by atoms with E-state index in [1.165, 1.54) is 4.52 Å². The SMILES string of the molecule is Cc1nc2c(-c3ccccc3)c(C)[nH]n2c(=O)c1-c1nnc(C2=NCCCN2)o1. The number of aliphatic imine (C=N–C) groups is 1. The number of amidine groups is 1. The van der Waals surface area contributed by atoms with Gasteiger partial charge in [-0.05, 0) is 25.8 Å². The lowest BCUT2D eigenvalue weighted by molar-refractivity contribution is 0.547. The van der Waals surface area contributed by atoms with Crippen molar-refractivity contribution in [3.05, 3.63) is 58.0 Å². The molecular weight excluding hydrogens is 370 g/mol. The first-order valence-electron chi connectivity index (χ1n) is 9.43. The monoisotopic (exact) mass is 389 g/mol. The molecule has 9 nitrogen and oxygen atoms in total. The molecule has 1 aliphatic heterocycles. The number of fused-ring (bicyclic) bond motifs is 1. The molecule has 0 atom stereocenters. The topological polar surface area (TPSA) is 113 Å². The van der Waals surface area contributed by atoms with Crippen molar-refractivity contribution in [2.75, 3.05) is 13.1 Å². The van der Waals surface area contributed by atoms with Gasteiger partial charge in [0.15, 0.2) is 11.5 Å². The van der Waals surface area contributed by atoms with Gasteiger partial charge in [-0.3, -0.25) is 14.9 Å². The highest BCUT2D eigenvalue weighted by atomic mass is 16.4. The van der Waals surface area contributed by atoms with Crippen molar-refractivity contribution in [2.24, 2.45) is 4.99 Å². The molecule has 0 amide bonds. The number of aromatic amines is 1. The molecule has 9 heteroatoms. The van der Waals surface area contributed by atoms with Gasteiger partial charge in [0.2, 0.25) is 0 Å². The third-order valence-corrected chi connectivity index (χ3v) is 4.94. The average Bonchev–Trinajstić information content (AvgIpc) is 3.34. The van der Waals surface area contributed by atoms with E-state index in [4.69, 9.17) is 4.42 Å². The Kier molecular flexibility index (Phi) is 4.01. The van der Waals surface area contributed by atoms with Crippen molar-refractivity contribution in [1.29, 1.82) is 0 Å². The van der Waals surface area contributed by atoms with E-state index in [1.54, 1.807) is 6.92 Å². The molecule has 146 valence electrons. The van der Waals surface area contributed by atoms with Crippen LogP contribution in [0.2, 0.25) is 0 Å². The molecule has 0 bridgehead atoms. The normalized spacial score (nSPS) is 14.1. The molecule has 1 aliphatic rings. The van der Waals surface area contributed by atoms with Crippen molar-refractivity contribution in [2.45, 2.75) is 20.3 Å². The van der Waals surface area contributed by atoms with Crippen LogP contribution < -0.4 is 10.9 Å². The highest BCUT2D eigenvalue weighted by Crippen LogP contribution is 2.28. The maximum Gasteiger partial charge on any atom is 0.285 e. The van der Waals surface area contributed by atoms with Crippen LogP contribution >= 0.6 is 0 Å². The van der Waals surface area contributed by atoms with Crippen molar-refractivity contribution in [1.82, 2.24) is 30.1 Å². The predicted molar refractivity (Wildman–Crippen MR) is 108 cm³/mol. The third kappa shape index (κ3) is 2.82. The fourth-order valence-electron chi connectivity index (χ4n) is 3.58. The number of hydrogen-bond donors (Lipinski definition) is 2. The number of aromatic nitrogens is 5. The molecule has 2 N–H and O–H groups in total. The summed E-state index contributed by atoms with van der Waals surface area (Å²) in [4.78, 5) is 22.3. The van der Waals surface area contributed by atoms with Gasteiger partial charge in [-0.15, -0.1) is 10.2 Å². The van der Waals surface area contributed by atoms with Crippen LogP contribution in [-0.2, 0) is 0 Å². The zero-order valence-electron chi connectivity index (χ0n) is 16.1. The Morgan fingerprint density at radius 3 is 2.62 bits per heavy atom. The number of H-pyrrole nitrogens is 1. The molecule has 1 aromatic carbocycles. The van der Waals surface area contributed by atoms with E-state index in [1.807, 2.05) is 37.3 Å². The Bertz CT molecular complexity index is 1300. The van der Waals surface area contributed by atoms with E-state index < -0.39 is 0 Å². The Labute approximate surface area is 165 Å². The first-order valence-corrected chi connectivity index (χ1v) is 9.43. The molecule has 29 heavy (non-hydrogen) atoms. The smallest absolute Gasteiger partial charge is 0.285 e. The Morgan fingerprint density at radius 2 is 1.86 bits per heavy atom. The fraction of sp³-hybridized carbons (Fsp3) is 0.250. The lowest BCUT2D eigenvalue weighted by atomic mass is 10.1. The minimum Gasteiger partial charge on any atom is -0.413 e. The summed E-state index contributed by atoms with van der Waals surface area (Å²) in [6.07, 6.45) is 0.960.